The van der Waals surface area contributed by atoms with Gasteiger partial charge in [0.25, 0.3) is 0 Å². The van der Waals surface area contributed by atoms with Gasteiger partial charge in [-0.1, -0.05) is 30.3 Å². The lowest BCUT2D eigenvalue weighted by Gasteiger charge is -2.12. The van der Waals surface area contributed by atoms with Crippen LogP contribution in [0.25, 0.3) is 0 Å². The third kappa shape index (κ3) is 3.75. The van der Waals surface area contributed by atoms with Crippen LogP contribution in [0, 0.1) is 0 Å². The van der Waals surface area contributed by atoms with Crippen LogP contribution in [0.1, 0.15) is 24.8 Å². The number of nitrogens with one attached hydrogen (secondary N) is 1. The maximum Gasteiger partial charge on any atom is 0.407 e. The van der Waals surface area contributed by atoms with Gasteiger partial charge in [-0.15, -0.1) is 0 Å². The molecule has 1 aromatic carbocycles. The minimum absolute atomic E-state index is 0.174. The Kier molecular flexibility index (Phi) is 3.98. The minimum atomic E-state index is -0.354. The molecule has 2 atom stereocenters. The van der Waals surface area contributed by atoms with E-state index < -0.39 is 0 Å². The van der Waals surface area contributed by atoms with Gasteiger partial charge in [-0.05, 0) is 24.8 Å². The summed E-state index contributed by atoms with van der Waals surface area (Å²) in [6, 6.07) is 10.0. The molecule has 0 aliphatic heterocycles. The first-order chi connectivity index (χ1) is 8.24. The van der Waals surface area contributed by atoms with Gasteiger partial charge in [-0.2, -0.15) is 0 Å². The Morgan fingerprint density at radius 2 is 2.12 bits per heavy atom. The third-order valence-corrected chi connectivity index (χ3v) is 3.01. The number of nitrogens with two attached hydrogens (primary N) is 1. The average Bonchev–Trinajstić information content (AvgIpc) is 2.73. The molecule has 4 heteroatoms. The Bertz CT molecular complexity index is 367. The van der Waals surface area contributed by atoms with Crippen molar-refractivity contribution >= 4 is 6.09 Å². The van der Waals surface area contributed by atoms with E-state index in [1.54, 1.807) is 0 Å². The minimum Gasteiger partial charge on any atom is -0.445 e. The Morgan fingerprint density at radius 3 is 2.76 bits per heavy atom. The molecule has 1 aliphatic rings. The number of ether oxygens (including phenoxy) is 1. The first kappa shape index (κ1) is 11.9. The van der Waals surface area contributed by atoms with Crippen molar-refractivity contribution in [3.63, 3.8) is 0 Å². The highest BCUT2D eigenvalue weighted by atomic mass is 16.5. The van der Waals surface area contributed by atoms with Gasteiger partial charge >= 0.3 is 6.09 Å². The first-order valence-corrected chi connectivity index (χ1v) is 5.97. The summed E-state index contributed by atoms with van der Waals surface area (Å²) in [6.07, 6.45) is 2.42. The number of hydrogen-bond acceptors (Lipinski definition) is 3. The van der Waals surface area contributed by atoms with Gasteiger partial charge < -0.3 is 15.8 Å². The lowest BCUT2D eigenvalue weighted by atomic mass is 10.2. The second-order valence-electron chi connectivity index (χ2n) is 4.48. The molecule has 3 N–H and O–H groups in total. The number of carbonyl (C=O) groups is 1. The topological polar surface area (TPSA) is 64.3 Å². The van der Waals surface area contributed by atoms with Crippen molar-refractivity contribution in [3.8, 4) is 0 Å². The summed E-state index contributed by atoms with van der Waals surface area (Å²) in [5.41, 5.74) is 6.77. The molecule has 0 unspecified atom stereocenters. The molecule has 0 heterocycles. The molecule has 1 amide bonds. The molecule has 0 aromatic heterocycles. The Hall–Kier alpha value is -1.55. The third-order valence-electron chi connectivity index (χ3n) is 3.01. The summed E-state index contributed by atoms with van der Waals surface area (Å²) in [4.78, 5) is 11.5. The summed E-state index contributed by atoms with van der Waals surface area (Å²) < 4.78 is 5.13. The quantitative estimate of drug-likeness (QED) is 0.838. The SMILES string of the molecule is N[C@@H]1CC[C@@H](NC(=O)OCc2ccccc2)C1. The number of rotatable bonds is 3. The first-order valence-electron chi connectivity index (χ1n) is 5.97. The summed E-state index contributed by atoms with van der Waals surface area (Å²) in [7, 11) is 0. The Labute approximate surface area is 101 Å². The molecular formula is C13H18N2O2. The second-order valence-corrected chi connectivity index (χ2v) is 4.48. The van der Waals surface area contributed by atoms with E-state index in [-0.39, 0.29) is 18.2 Å². The summed E-state index contributed by atoms with van der Waals surface area (Å²) in [6.45, 7) is 0.311. The summed E-state index contributed by atoms with van der Waals surface area (Å²) in [5, 5.41) is 2.84. The molecule has 0 radical (unpaired) electrons. The van der Waals surface area contributed by atoms with Crippen LogP contribution in [0.4, 0.5) is 4.79 Å². The second kappa shape index (κ2) is 5.68. The van der Waals surface area contributed by atoms with Crippen molar-refractivity contribution in [1.82, 2.24) is 5.32 Å². The number of carbonyl (C=O) groups excluding carboxylic acids is 1. The van der Waals surface area contributed by atoms with E-state index in [0.717, 1.165) is 24.8 Å². The zero-order chi connectivity index (χ0) is 12.1. The molecule has 1 fully saturated rings. The highest BCUT2D eigenvalue weighted by molar-refractivity contribution is 5.67. The molecule has 1 aliphatic carbocycles. The standard InChI is InChI=1S/C13H18N2O2/c14-11-6-7-12(8-11)15-13(16)17-9-10-4-2-1-3-5-10/h1-5,11-12H,6-9,14H2,(H,15,16)/t11-,12-/m1/s1. The van der Waals surface area contributed by atoms with E-state index in [1.807, 2.05) is 30.3 Å². The van der Waals surface area contributed by atoms with Crippen molar-refractivity contribution < 1.29 is 9.53 Å². The molecule has 2 rings (SSSR count). The zero-order valence-electron chi connectivity index (χ0n) is 9.76. The van der Waals surface area contributed by atoms with E-state index in [9.17, 15) is 4.79 Å². The van der Waals surface area contributed by atoms with Crippen molar-refractivity contribution in [2.24, 2.45) is 5.73 Å². The van der Waals surface area contributed by atoms with Gasteiger partial charge in [0.05, 0.1) is 0 Å². The molecule has 1 aromatic rings. The fraction of sp³-hybridized carbons (Fsp3) is 0.462. The van der Waals surface area contributed by atoms with Gasteiger partial charge in [0, 0.05) is 12.1 Å². The molecule has 1 saturated carbocycles. The smallest absolute Gasteiger partial charge is 0.407 e. The van der Waals surface area contributed by atoms with Gasteiger partial charge in [-0.3, -0.25) is 0 Å². The van der Waals surface area contributed by atoms with Crippen molar-refractivity contribution in [3.05, 3.63) is 35.9 Å². The van der Waals surface area contributed by atoms with Crippen LogP contribution < -0.4 is 11.1 Å². The highest BCUT2D eigenvalue weighted by Crippen LogP contribution is 2.17. The molecule has 0 bridgehead atoms. The average molecular weight is 234 g/mol. The monoisotopic (exact) mass is 234 g/mol. The van der Waals surface area contributed by atoms with E-state index in [1.165, 1.54) is 0 Å². The predicted octanol–water partition coefficient (Wildman–Crippen LogP) is 1.79. The van der Waals surface area contributed by atoms with E-state index >= 15 is 0 Å². The van der Waals surface area contributed by atoms with Gasteiger partial charge in [0.15, 0.2) is 0 Å². The maximum atomic E-state index is 11.5. The zero-order valence-corrected chi connectivity index (χ0v) is 9.76. The normalized spacial score (nSPS) is 23.4. The maximum absolute atomic E-state index is 11.5. The largest absolute Gasteiger partial charge is 0.445 e. The molecule has 0 saturated heterocycles. The fourth-order valence-electron chi connectivity index (χ4n) is 2.08. The summed E-state index contributed by atoms with van der Waals surface area (Å²) in [5.74, 6) is 0. The summed E-state index contributed by atoms with van der Waals surface area (Å²) >= 11 is 0. The lowest BCUT2D eigenvalue weighted by molar-refractivity contribution is 0.136. The van der Waals surface area contributed by atoms with E-state index in [2.05, 4.69) is 5.32 Å². The van der Waals surface area contributed by atoms with Crippen LogP contribution in [0.15, 0.2) is 30.3 Å². The molecular weight excluding hydrogens is 216 g/mol. The predicted molar refractivity (Wildman–Crippen MR) is 65.4 cm³/mol. The Morgan fingerprint density at radius 1 is 1.35 bits per heavy atom. The molecule has 0 spiro atoms. The molecule has 92 valence electrons. The van der Waals surface area contributed by atoms with Crippen LogP contribution in [0.2, 0.25) is 0 Å². The van der Waals surface area contributed by atoms with E-state index in [0.29, 0.717) is 6.61 Å². The molecule has 17 heavy (non-hydrogen) atoms. The van der Waals surface area contributed by atoms with Crippen LogP contribution in [-0.2, 0) is 11.3 Å². The fourth-order valence-corrected chi connectivity index (χ4v) is 2.08. The van der Waals surface area contributed by atoms with Gasteiger partial charge in [0.1, 0.15) is 6.61 Å². The number of amides is 1. The van der Waals surface area contributed by atoms with Gasteiger partial charge in [-0.25, -0.2) is 4.79 Å². The van der Waals surface area contributed by atoms with Gasteiger partial charge in [0.2, 0.25) is 0 Å². The van der Waals surface area contributed by atoms with Crippen LogP contribution in [-0.4, -0.2) is 18.2 Å². The lowest BCUT2D eigenvalue weighted by Crippen LogP contribution is -2.34. The van der Waals surface area contributed by atoms with Crippen LogP contribution in [0.5, 0.6) is 0 Å². The number of benzene rings is 1. The number of hydrogen-bond donors (Lipinski definition) is 2. The molecule has 4 nitrogen and oxygen atoms in total. The van der Waals surface area contributed by atoms with Crippen molar-refractivity contribution in [2.75, 3.05) is 0 Å². The van der Waals surface area contributed by atoms with Crippen molar-refractivity contribution in [2.45, 2.75) is 38.0 Å². The van der Waals surface area contributed by atoms with Crippen LogP contribution in [0.3, 0.4) is 0 Å². The van der Waals surface area contributed by atoms with Crippen LogP contribution >= 0.6 is 0 Å². The van der Waals surface area contributed by atoms with E-state index in [4.69, 9.17) is 10.5 Å². The number of alkyl carbamates (subject to hydrolysis) is 1. The Balaban J connectivity index is 1.71. The highest BCUT2D eigenvalue weighted by Gasteiger charge is 2.23. The van der Waals surface area contributed by atoms with Crippen molar-refractivity contribution in [1.29, 1.82) is 0 Å².